The second kappa shape index (κ2) is 6.55. The first-order valence-corrected chi connectivity index (χ1v) is 9.98. The predicted octanol–water partition coefficient (Wildman–Crippen LogP) is 2.58. The lowest BCUT2D eigenvalue weighted by Gasteiger charge is -2.13. The normalized spacial score (nSPS) is 11.8. The van der Waals surface area contributed by atoms with Gasteiger partial charge in [0, 0.05) is 0 Å². The average Bonchev–Trinajstić information content (AvgIpc) is 3.25. The summed E-state index contributed by atoms with van der Waals surface area (Å²) >= 11 is 0. The number of furan rings is 2. The molecule has 9 heteroatoms. The smallest absolute Gasteiger partial charge is 0.346 e. The van der Waals surface area contributed by atoms with Crippen molar-refractivity contribution in [2.45, 2.75) is 6.92 Å². The number of hydrogen-bond acceptors (Lipinski definition) is 9. The first-order chi connectivity index (χ1) is 16.3. The van der Waals surface area contributed by atoms with Gasteiger partial charge in [-0.2, -0.15) is 0 Å². The molecule has 0 bridgehead atoms. The average molecular weight is 454 g/mol. The second-order valence-electron chi connectivity index (χ2n) is 7.95. The van der Waals surface area contributed by atoms with E-state index in [4.69, 9.17) is 8.83 Å². The van der Waals surface area contributed by atoms with Crippen LogP contribution >= 0.6 is 0 Å². The van der Waals surface area contributed by atoms with Crippen LogP contribution < -0.4 is 22.5 Å². The van der Waals surface area contributed by atoms with Gasteiger partial charge in [0.2, 0.25) is 0 Å². The summed E-state index contributed by atoms with van der Waals surface area (Å²) in [5, 5.41) is 3.47. The van der Waals surface area contributed by atoms with Crippen LogP contribution in [0.15, 0.2) is 64.4 Å². The van der Waals surface area contributed by atoms with Gasteiger partial charge in [0.15, 0.2) is 0 Å². The summed E-state index contributed by atoms with van der Waals surface area (Å²) < 4.78 is 14.0. The molecular weight excluding hydrogens is 444 g/mol. The number of fused-ring (bicyclic) bond motifs is 8. The number of carbonyl (C=O) groups is 2. The molecule has 4 aromatic carbocycles. The molecule has 0 aliphatic rings. The number of benzene rings is 4. The van der Waals surface area contributed by atoms with Gasteiger partial charge < -0.3 is 13.6 Å². The zero-order valence-electron chi connectivity index (χ0n) is 17.2. The molecule has 6 rings (SSSR count). The SMILES string of the molecule is Cc1cc2c(cc1C(=O)OC=O)c1cc3c(=O)oc(=O)c3cc1c1cc3c(=O)oc(=O)c3cc21. The van der Waals surface area contributed by atoms with Crippen LogP contribution in [0.2, 0.25) is 0 Å². The summed E-state index contributed by atoms with van der Waals surface area (Å²) in [6.07, 6.45) is 0. The minimum atomic E-state index is -0.860. The molecule has 0 spiro atoms. The second-order valence-corrected chi connectivity index (χ2v) is 7.95. The zero-order valence-corrected chi connectivity index (χ0v) is 17.2. The molecule has 0 N–H and O–H groups in total. The summed E-state index contributed by atoms with van der Waals surface area (Å²) in [5.41, 5.74) is -2.55. The number of rotatable bonds is 2. The molecule has 0 unspecified atom stereocenters. The first-order valence-electron chi connectivity index (χ1n) is 9.98. The fourth-order valence-electron chi connectivity index (χ4n) is 4.64. The van der Waals surface area contributed by atoms with Crippen molar-refractivity contribution >= 4 is 66.3 Å². The fraction of sp³-hybridized carbons (Fsp3) is 0.0400. The Morgan fingerprint density at radius 1 is 0.618 bits per heavy atom. The van der Waals surface area contributed by atoms with Gasteiger partial charge in [-0.05, 0) is 81.2 Å². The molecule has 0 amide bonds. The standard InChI is InChI=1S/C25H10O9/c1-9-2-11-12(3-10(9)21(27)32-8-26)14-5-18-20(25(31)34-23(18)29)7-16(14)15-6-19-17(4-13(11)15)22(28)33-24(19)30/h2-8H,1H3. The minimum absolute atomic E-state index is 0.0326. The van der Waals surface area contributed by atoms with Crippen LogP contribution in [0.4, 0.5) is 0 Å². The first kappa shape index (κ1) is 19.7. The van der Waals surface area contributed by atoms with Crippen LogP contribution in [-0.2, 0) is 9.53 Å². The maximum Gasteiger partial charge on any atom is 0.346 e. The largest absolute Gasteiger partial charge is 0.392 e. The highest BCUT2D eigenvalue weighted by Gasteiger charge is 2.20. The van der Waals surface area contributed by atoms with E-state index in [-0.39, 0.29) is 33.6 Å². The summed E-state index contributed by atoms with van der Waals surface area (Å²) in [6.45, 7) is 1.69. The summed E-state index contributed by atoms with van der Waals surface area (Å²) in [6, 6.07) is 9.21. The predicted molar refractivity (Wildman–Crippen MR) is 122 cm³/mol. The lowest BCUT2D eigenvalue weighted by molar-refractivity contribution is -0.123. The molecule has 2 aromatic heterocycles. The van der Waals surface area contributed by atoms with E-state index >= 15 is 0 Å². The number of hydrogen-bond donors (Lipinski definition) is 0. The third-order valence-corrected chi connectivity index (χ3v) is 6.18. The number of ether oxygens (including phenoxy) is 1. The molecule has 2 heterocycles. The molecule has 0 saturated carbocycles. The molecule has 0 atom stereocenters. The van der Waals surface area contributed by atoms with Gasteiger partial charge in [-0.15, -0.1) is 0 Å². The van der Waals surface area contributed by atoms with Crippen molar-refractivity contribution in [2.24, 2.45) is 0 Å². The third kappa shape index (κ3) is 2.49. The highest BCUT2D eigenvalue weighted by atomic mass is 16.6. The molecule has 6 aromatic rings. The van der Waals surface area contributed by atoms with Crippen molar-refractivity contribution in [2.75, 3.05) is 0 Å². The monoisotopic (exact) mass is 454 g/mol. The molecule has 34 heavy (non-hydrogen) atoms. The number of aryl methyl sites for hydroxylation is 1. The maximum atomic E-state index is 12.4. The minimum Gasteiger partial charge on any atom is -0.392 e. The van der Waals surface area contributed by atoms with Crippen molar-refractivity contribution in [3.05, 3.63) is 89.2 Å². The Morgan fingerprint density at radius 3 is 1.35 bits per heavy atom. The van der Waals surface area contributed by atoms with E-state index in [1.165, 1.54) is 30.3 Å². The summed E-state index contributed by atoms with van der Waals surface area (Å²) in [7, 11) is 0. The van der Waals surface area contributed by atoms with Crippen LogP contribution in [0, 0.1) is 6.92 Å². The Kier molecular flexibility index (Phi) is 3.80. The topological polar surface area (TPSA) is 138 Å². The molecule has 0 radical (unpaired) electrons. The summed E-state index contributed by atoms with van der Waals surface area (Å²) in [4.78, 5) is 71.9. The molecule has 0 aliphatic carbocycles. The van der Waals surface area contributed by atoms with Crippen LogP contribution in [0.5, 0.6) is 0 Å². The van der Waals surface area contributed by atoms with E-state index in [0.29, 0.717) is 37.9 Å². The molecule has 164 valence electrons. The van der Waals surface area contributed by atoms with Crippen molar-refractivity contribution in [3.63, 3.8) is 0 Å². The lowest BCUT2D eigenvalue weighted by Crippen LogP contribution is -2.06. The van der Waals surface area contributed by atoms with E-state index in [9.17, 15) is 28.8 Å². The Hall–Kier alpha value is -4.92. The van der Waals surface area contributed by atoms with Crippen molar-refractivity contribution in [1.29, 1.82) is 0 Å². The van der Waals surface area contributed by atoms with Crippen LogP contribution in [-0.4, -0.2) is 12.4 Å². The van der Waals surface area contributed by atoms with Gasteiger partial charge in [0.1, 0.15) is 0 Å². The van der Waals surface area contributed by atoms with Crippen molar-refractivity contribution in [3.8, 4) is 0 Å². The number of carbonyl (C=O) groups excluding carboxylic acids is 2. The Morgan fingerprint density at radius 2 is 0.971 bits per heavy atom. The van der Waals surface area contributed by atoms with Crippen LogP contribution in [0.1, 0.15) is 15.9 Å². The van der Waals surface area contributed by atoms with Crippen LogP contribution in [0.25, 0.3) is 53.9 Å². The van der Waals surface area contributed by atoms with Gasteiger partial charge in [-0.1, -0.05) is 0 Å². The molecular formula is C25H10O9. The highest BCUT2D eigenvalue weighted by molar-refractivity contribution is 6.29. The highest BCUT2D eigenvalue weighted by Crippen LogP contribution is 2.39. The summed E-state index contributed by atoms with van der Waals surface area (Å²) in [5.74, 6) is -0.860. The van der Waals surface area contributed by atoms with E-state index in [2.05, 4.69) is 4.74 Å². The van der Waals surface area contributed by atoms with E-state index < -0.39 is 28.5 Å². The molecule has 0 saturated heterocycles. The molecule has 0 fully saturated rings. The van der Waals surface area contributed by atoms with Gasteiger partial charge >= 0.3 is 34.9 Å². The fourth-order valence-corrected chi connectivity index (χ4v) is 4.64. The van der Waals surface area contributed by atoms with Gasteiger partial charge in [0.05, 0.1) is 27.1 Å². The van der Waals surface area contributed by atoms with Crippen LogP contribution in [0.3, 0.4) is 0 Å². The van der Waals surface area contributed by atoms with Crippen molar-refractivity contribution < 1.29 is 23.2 Å². The van der Waals surface area contributed by atoms with Gasteiger partial charge in [-0.25, -0.2) is 24.0 Å². The van der Waals surface area contributed by atoms with Gasteiger partial charge in [-0.3, -0.25) is 4.79 Å². The number of esters is 1. The Balaban J connectivity index is 1.94. The lowest BCUT2D eigenvalue weighted by atomic mass is 9.89. The third-order valence-electron chi connectivity index (χ3n) is 6.18. The van der Waals surface area contributed by atoms with Crippen molar-refractivity contribution in [1.82, 2.24) is 0 Å². The van der Waals surface area contributed by atoms with Gasteiger partial charge in [0.25, 0.3) is 0 Å². The van der Waals surface area contributed by atoms with E-state index in [0.717, 1.165) is 0 Å². The van der Waals surface area contributed by atoms with E-state index in [1.807, 2.05) is 0 Å². The zero-order chi connectivity index (χ0) is 23.9. The maximum absolute atomic E-state index is 12.4. The Bertz CT molecular complexity index is 2120. The Labute approximate surface area is 186 Å². The molecule has 0 aliphatic heterocycles. The molecule has 9 nitrogen and oxygen atoms in total. The quantitative estimate of drug-likeness (QED) is 0.167. The van der Waals surface area contributed by atoms with E-state index in [1.54, 1.807) is 13.0 Å².